The maximum Gasteiger partial charge on any atom is 0.265 e. The number of hydrogen-bond donors (Lipinski definition) is 1. The molecular weight excluding hydrogens is 301 g/mol. The van der Waals surface area contributed by atoms with Gasteiger partial charge in [-0.15, -0.1) is 0 Å². The van der Waals surface area contributed by atoms with E-state index in [1.807, 2.05) is 6.92 Å². The Morgan fingerprint density at radius 1 is 1.26 bits per heavy atom. The topological polar surface area (TPSA) is 56.8 Å². The van der Waals surface area contributed by atoms with Crippen LogP contribution in [-0.2, 0) is 4.79 Å². The number of amides is 1. The van der Waals surface area contributed by atoms with Gasteiger partial charge in [-0.3, -0.25) is 4.79 Å². The van der Waals surface area contributed by atoms with E-state index in [1.54, 1.807) is 30.3 Å². The number of carbonyl (C=O) groups excluding carboxylic acids is 1. The standard InChI is InChI=1S/C17H16FNO4/c1-2-14(17(20)19-13-6-4-3-5-12(13)18)23-11-7-8-15-16(9-11)22-10-21-15/h3-9,14H,2,10H2,1H3,(H,19,20). The maximum atomic E-state index is 13.6. The lowest BCUT2D eigenvalue weighted by Crippen LogP contribution is -2.32. The highest BCUT2D eigenvalue weighted by Crippen LogP contribution is 2.35. The average Bonchev–Trinajstić information content (AvgIpc) is 3.02. The third kappa shape index (κ3) is 3.36. The summed E-state index contributed by atoms with van der Waals surface area (Å²) in [4.78, 5) is 12.3. The molecule has 0 aliphatic carbocycles. The summed E-state index contributed by atoms with van der Waals surface area (Å²) in [7, 11) is 0. The molecule has 120 valence electrons. The largest absolute Gasteiger partial charge is 0.480 e. The summed E-state index contributed by atoms with van der Waals surface area (Å²) in [6, 6.07) is 11.1. The quantitative estimate of drug-likeness (QED) is 0.919. The predicted octanol–water partition coefficient (Wildman–Crippen LogP) is 3.35. The molecule has 0 bridgehead atoms. The Hall–Kier alpha value is -2.76. The summed E-state index contributed by atoms with van der Waals surface area (Å²) >= 11 is 0. The molecule has 6 heteroatoms. The van der Waals surface area contributed by atoms with Crippen molar-refractivity contribution < 1.29 is 23.4 Å². The summed E-state index contributed by atoms with van der Waals surface area (Å²) in [6.45, 7) is 1.99. The van der Waals surface area contributed by atoms with Gasteiger partial charge in [0, 0.05) is 6.07 Å². The third-order valence-corrected chi connectivity index (χ3v) is 3.42. The van der Waals surface area contributed by atoms with Crippen LogP contribution in [0.25, 0.3) is 0 Å². The molecule has 0 saturated heterocycles. The first-order valence-corrected chi connectivity index (χ1v) is 7.29. The van der Waals surface area contributed by atoms with Crippen molar-refractivity contribution in [2.45, 2.75) is 19.4 Å². The molecule has 1 aliphatic heterocycles. The maximum absolute atomic E-state index is 13.6. The van der Waals surface area contributed by atoms with Gasteiger partial charge in [0.15, 0.2) is 17.6 Å². The van der Waals surface area contributed by atoms with Gasteiger partial charge in [-0.1, -0.05) is 19.1 Å². The van der Waals surface area contributed by atoms with Crippen molar-refractivity contribution in [1.82, 2.24) is 0 Å². The van der Waals surface area contributed by atoms with Crippen molar-refractivity contribution in [2.75, 3.05) is 12.1 Å². The van der Waals surface area contributed by atoms with Gasteiger partial charge in [-0.05, 0) is 30.7 Å². The van der Waals surface area contributed by atoms with Gasteiger partial charge in [0.05, 0.1) is 5.69 Å². The number of rotatable bonds is 5. The van der Waals surface area contributed by atoms with Crippen LogP contribution in [0.1, 0.15) is 13.3 Å². The predicted molar refractivity (Wildman–Crippen MR) is 82.3 cm³/mol. The lowest BCUT2D eigenvalue weighted by Gasteiger charge is -2.17. The molecule has 1 unspecified atom stereocenters. The fraction of sp³-hybridized carbons (Fsp3) is 0.235. The van der Waals surface area contributed by atoms with Crippen LogP contribution in [0.3, 0.4) is 0 Å². The number of benzene rings is 2. The second kappa shape index (κ2) is 6.56. The van der Waals surface area contributed by atoms with E-state index in [-0.39, 0.29) is 12.5 Å². The fourth-order valence-electron chi connectivity index (χ4n) is 2.21. The summed E-state index contributed by atoms with van der Waals surface area (Å²) < 4.78 is 29.8. The number of hydrogen-bond acceptors (Lipinski definition) is 4. The molecule has 1 aliphatic rings. The number of fused-ring (bicyclic) bond motifs is 1. The number of nitrogens with one attached hydrogen (secondary N) is 1. The minimum atomic E-state index is -0.741. The molecule has 2 aromatic carbocycles. The molecule has 3 rings (SSSR count). The van der Waals surface area contributed by atoms with Gasteiger partial charge in [-0.25, -0.2) is 4.39 Å². The summed E-state index contributed by atoms with van der Waals surface area (Å²) in [5.41, 5.74) is 0.130. The summed E-state index contributed by atoms with van der Waals surface area (Å²) in [5, 5.41) is 2.54. The van der Waals surface area contributed by atoms with E-state index in [0.717, 1.165) is 0 Å². The van der Waals surface area contributed by atoms with E-state index in [4.69, 9.17) is 14.2 Å². The van der Waals surface area contributed by atoms with Gasteiger partial charge in [-0.2, -0.15) is 0 Å². The smallest absolute Gasteiger partial charge is 0.265 e. The molecule has 2 aromatic rings. The number of anilines is 1. The van der Waals surface area contributed by atoms with Gasteiger partial charge in [0.25, 0.3) is 5.91 Å². The summed E-state index contributed by atoms with van der Waals surface area (Å²) in [6.07, 6.45) is -0.302. The molecule has 0 saturated carbocycles. The van der Waals surface area contributed by atoms with E-state index >= 15 is 0 Å². The molecule has 5 nitrogen and oxygen atoms in total. The van der Waals surface area contributed by atoms with Crippen LogP contribution in [0.4, 0.5) is 10.1 Å². The highest BCUT2D eigenvalue weighted by molar-refractivity contribution is 5.94. The van der Waals surface area contributed by atoms with Crippen molar-refractivity contribution in [2.24, 2.45) is 0 Å². The molecule has 1 atom stereocenters. The van der Waals surface area contributed by atoms with Crippen molar-refractivity contribution >= 4 is 11.6 Å². The molecule has 1 amide bonds. The SMILES string of the molecule is CCC(Oc1ccc2c(c1)OCO2)C(=O)Nc1ccccc1F. The molecule has 0 radical (unpaired) electrons. The summed E-state index contributed by atoms with van der Waals surface area (Å²) in [5.74, 6) is 0.812. The normalized spacial score (nSPS) is 13.5. The molecular formula is C17H16FNO4. The Morgan fingerprint density at radius 3 is 2.83 bits per heavy atom. The number of para-hydroxylation sites is 1. The minimum Gasteiger partial charge on any atom is -0.480 e. The second-order valence-electron chi connectivity index (χ2n) is 5.00. The first-order valence-electron chi connectivity index (χ1n) is 7.29. The van der Waals surface area contributed by atoms with Crippen molar-refractivity contribution in [3.63, 3.8) is 0 Å². The molecule has 1 N–H and O–H groups in total. The fourth-order valence-corrected chi connectivity index (χ4v) is 2.21. The minimum absolute atomic E-state index is 0.130. The zero-order chi connectivity index (χ0) is 16.2. The van der Waals surface area contributed by atoms with Gasteiger partial charge in [0.2, 0.25) is 6.79 Å². The average molecular weight is 317 g/mol. The Balaban J connectivity index is 1.70. The molecule has 23 heavy (non-hydrogen) atoms. The Kier molecular flexibility index (Phi) is 4.32. The monoisotopic (exact) mass is 317 g/mol. The first kappa shape index (κ1) is 15.1. The highest BCUT2D eigenvalue weighted by atomic mass is 19.1. The van der Waals surface area contributed by atoms with Crippen molar-refractivity contribution in [1.29, 1.82) is 0 Å². The van der Waals surface area contributed by atoms with E-state index in [0.29, 0.717) is 23.7 Å². The van der Waals surface area contributed by atoms with Crippen LogP contribution < -0.4 is 19.5 Å². The van der Waals surface area contributed by atoms with Gasteiger partial charge in [0.1, 0.15) is 11.6 Å². The van der Waals surface area contributed by atoms with Crippen LogP contribution in [-0.4, -0.2) is 18.8 Å². The molecule has 0 spiro atoms. The van der Waals surface area contributed by atoms with E-state index in [9.17, 15) is 9.18 Å². The number of ether oxygens (including phenoxy) is 3. The van der Waals surface area contributed by atoms with Crippen molar-refractivity contribution in [3.8, 4) is 17.2 Å². The van der Waals surface area contributed by atoms with Crippen LogP contribution >= 0.6 is 0 Å². The van der Waals surface area contributed by atoms with Crippen LogP contribution in [0.2, 0.25) is 0 Å². The zero-order valence-electron chi connectivity index (χ0n) is 12.5. The van der Waals surface area contributed by atoms with Crippen molar-refractivity contribution in [3.05, 3.63) is 48.3 Å². The lowest BCUT2D eigenvalue weighted by atomic mass is 10.2. The highest BCUT2D eigenvalue weighted by Gasteiger charge is 2.21. The van der Waals surface area contributed by atoms with Crippen LogP contribution in [0.5, 0.6) is 17.2 Å². The second-order valence-corrected chi connectivity index (χ2v) is 5.00. The number of halogens is 1. The zero-order valence-corrected chi connectivity index (χ0v) is 12.5. The first-order chi connectivity index (χ1) is 11.2. The van der Waals surface area contributed by atoms with E-state index in [2.05, 4.69) is 5.32 Å². The van der Waals surface area contributed by atoms with E-state index < -0.39 is 17.8 Å². The molecule has 0 aromatic heterocycles. The molecule has 0 fully saturated rings. The van der Waals surface area contributed by atoms with E-state index in [1.165, 1.54) is 12.1 Å². The van der Waals surface area contributed by atoms with Gasteiger partial charge < -0.3 is 19.5 Å². The molecule has 1 heterocycles. The lowest BCUT2D eigenvalue weighted by molar-refractivity contribution is -0.122. The Labute approximate surface area is 133 Å². The van der Waals surface area contributed by atoms with Gasteiger partial charge >= 0.3 is 0 Å². The van der Waals surface area contributed by atoms with Crippen LogP contribution in [0, 0.1) is 5.82 Å². The van der Waals surface area contributed by atoms with Crippen LogP contribution in [0.15, 0.2) is 42.5 Å². The third-order valence-electron chi connectivity index (χ3n) is 3.42. The number of carbonyl (C=O) groups is 1. The Bertz CT molecular complexity index is 719. The Morgan fingerprint density at radius 2 is 2.04 bits per heavy atom.